The van der Waals surface area contributed by atoms with Crippen molar-refractivity contribution in [1.29, 1.82) is 0 Å². The van der Waals surface area contributed by atoms with Crippen molar-refractivity contribution in [3.63, 3.8) is 0 Å². The van der Waals surface area contributed by atoms with Crippen molar-refractivity contribution in [3.05, 3.63) is 34.3 Å². The molecule has 0 fully saturated rings. The number of hydrogen-bond donors (Lipinski definition) is 1. The summed E-state index contributed by atoms with van der Waals surface area (Å²) in [6.45, 7) is 5.27. The van der Waals surface area contributed by atoms with Crippen LogP contribution in [0, 0.1) is 0 Å². The molecule has 1 N–H and O–H groups in total. The predicted molar refractivity (Wildman–Crippen MR) is 81.9 cm³/mol. The van der Waals surface area contributed by atoms with E-state index in [0.717, 1.165) is 37.2 Å². The van der Waals surface area contributed by atoms with Crippen LogP contribution in [0.4, 0.5) is 0 Å². The first kappa shape index (κ1) is 15.6. The Balaban J connectivity index is 2.13. The maximum Gasteiger partial charge on any atom is 0.0231 e. The highest BCUT2D eigenvalue weighted by Gasteiger charge is 2.00. The number of benzene rings is 1. The molecule has 3 nitrogen and oxygen atoms in total. The molecule has 102 valence electrons. The molecule has 4 heteroatoms. The Kier molecular flexibility index (Phi) is 7.51. The van der Waals surface area contributed by atoms with Gasteiger partial charge in [-0.25, -0.2) is 0 Å². The third kappa shape index (κ3) is 7.11. The molecular formula is C14H24BrN3. The molecule has 0 aromatic heterocycles. The fraction of sp³-hybridized carbons (Fsp3) is 0.571. The third-order valence-corrected chi connectivity index (χ3v) is 3.30. The quantitative estimate of drug-likeness (QED) is 0.741. The Morgan fingerprint density at radius 2 is 1.61 bits per heavy atom. The molecule has 0 aliphatic rings. The van der Waals surface area contributed by atoms with Gasteiger partial charge in [-0.05, 0) is 38.8 Å². The summed E-state index contributed by atoms with van der Waals surface area (Å²) in [6.07, 6.45) is 0. The molecule has 1 rings (SSSR count). The van der Waals surface area contributed by atoms with Gasteiger partial charge in [0.1, 0.15) is 0 Å². The van der Waals surface area contributed by atoms with Gasteiger partial charge < -0.3 is 15.1 Å². The van der Waals surface area contributed by atoms with Crippen molar-refractivity contribution < 1.29 is 0 Å². The molecule has 0 aliphatic carbocycles. The monoisotopic (exact) mass is 313 g/mol. The van der Waals surface area contributed by atoms with Gasteiger partial charge in [0.15, 0.2) is 0 Å². The molecule has 0 radical (unpaired) electrons. The Bertz CT molecular complexity index is 324. The summed E-state index contributed by atoms with van der Waals surface area (Å²) in [5.41, 5.74) is 1.36. The van der Waals surface area contributed by atoms with Crippen LogP contribution in [0.5, 0.6) is 0 Å². The highest BCUT2D eigenvalue weighted by molar-refractivity contribution is 9.10. The van der Waals surface area contributed by atoms with Crippen LogP contribution in [0.3, 0.4) is 0 Å². The highest BCUT2D eigenvalue weighted by Crippen LogP contribution is 2.11. The van der Waals surface area contributed by atoms with E-state index >= 15 is 0 Å². The van der Waals surface area contributed by atoms with Crippen LogP contribution < -0.4 is 5.32 Å². The second-order valence-corrected chi connectivity index (χ2v) is 5.83. The summed E-state index contributed by atoms with van der Waals surface area (Å²) < 4.78 is 1.14. The Morgan fingerprint density at radius 3 is 2.22 bits per heavy atom. The lowest BCUT2D eigenvalue weighted by atomic mass is 10.2. The standard InChI is InChI=1S/C14H24BrN3/c1-17(2)10-8-16-9-11-18(3)12-13-4-6-14(15)7-5-13/h4-7,16H,8-12H2,1-3H3. The predicted octanol–water partition coefficient (Wildman–Crippen LogP) is 2.03. The van der Waals surface area contributed by atoms with Gasteiger partial charge in [0.05, 0.1) is 0 Å². The van der Waals surface area contributed by atoms with Crippen molar-refractivity contribution in [2.24, 2.45) is 0 Å². The van der Waals surface area contributed by atoms with E-state index in [2.05, 4.69) is 76.5 Å². The Morgan fingerprint density at radius 1 is 1.00 bits per heavy atom. The number of nitrogens with zero attached hydrogens (tertiary/aromatic N) is 2. The SMILES string of the molecule is CN(C)CCNCCN(C)Cc1ccc(Br)cc1. The van der Waals surface area contributed by atoms with E-state index in [4.69, 9.17) is 0 Å². The number of halogens is 1. The van der Waals surface area contributed by atoms with Crippen molar-refractivity contribution in [2.75, 3.05) is 47.3 Å². The minimum Gasteiger partial charge on any atom is -0.314 e. The van der Waals surface area contributed by atoms with Gasteiger partial charge >= 0.3 is 0 Å². The topological polar surface area (TPSA) is 18.5 Å². The van der Waals surface area contributed by atoms with Crippen LogP contribution in [0.25, 0.3) is 0 Å². The summed E-state index contributed by atoms with van der Waals surface area (Å²) in [7, 11) is 6.36. The van der Waals surface area contributed by atoms with Gasteiger partial charge in [-0.15, -0.1) is 0 Å². The first-order valence-electron chi connectivity index (χ1n) is 6.36. The number of likely N-dealkylation sites (N-methyl/N-ethyl adjacent to an activating group) is 2. The summed E-state index contributed by atoms with van der Waals surface area (Å²) in [5.74, 6) is 0. The average Bonchev–Trinajstić information content (AvgIpc) is 2.31. The Labute approximate surface area is 119 Å². The molecule has 0 aliphatic heterocycles. The first-order chi connectivity index (χ1) is 8.58. The van der Waals surface area contributed by atoms with Gasteiger partial charge in [-0.2, -0.15) is 0 Å². The van der Waals surface area contributed by atoms with Crippen LogP contribution in [0.15, 0.2) is 28.7 Å². The maximum atomic E-state index is 3.45. The van der Waals surface area contributed by atoms with Gasteiger partial charge in [0, 0.05) is 37.2 Å². The van der Waals surface area contributed by atoms with E-state index in [9.17, 15) is 0 Å². The molecule has 0 heterocycles. The minimum absolute atomic E-state index is 1.00. The number of nitrogens with one attached hydrogen (secondary N) is 1. The van der Waals surface area contributed by atoms with Gasteiger partial charge in [-0.1, -0.05) is 28.1 Å². The van der Waals surface area contributed by atoms with Crippen LogP contribution >= 0.6 is 15.9 Å². The summed E-state index contributed by atoms with van der Waals surface area (Å²) in [5, 5.41) is 3.45. The smallest absolute Gasteiger partial charge is 0.0231 e. The molecule has 0 spiro atoms. The molecular weight excluding hydrogens is 290 g/mol. The molecule has 0 unspecified atom stereocenters. The van der Waals surface area contributed by atoms with E-state index < -0.39 is 0 Å². The maximum absolute atomic E-state index is 3.45. The third-order valence-electron chi connectivity index (χ3n) is 2.77. The fourth-order valence-electron chi connectivity index (χ4n) is 1.68. The van der Waals surface area contributed by atoms with E-state index in [0.29, 0.717) is 0 Å². The van der Waals surface area contributed by atoms with Gasteiger partial charge in [-0.3, -0.25) is 0 Å². The second-order valence-electron chi connectivity index (χ2n) is 4.92. The molecule has 0 saturated heterocycles. The highest BCUT2D eigenvalue weighted by atomic mass is 79.9. The molecule has 0 amide bonds. The lowest BCUT2D eigenvalue weighted by Gasteiger charge is -2.17. The van der Waals surface area contributed by atoms with E-state index in [-0.39, 0.29) is 0 Å². The van der Waals surface area contributed by atoms with E-state index in [1.54, 1.807) is 0 Å². The first-order valence-corrected chi connectivity index (χ1v) is 7.15. The van der Waals surface area contributed by atoms with E-state index in [1.807, 2.05) is 0 Å². The van der Waals surface area contributed by atoms with Crippen molar-refractivity contribution >= 4 is 15.9 Å². The van der Waals surface area contributed by atoms with Gasteiger partial charge in [0.25, 0.3) is 0 Å². The molecule has 1 aromatic rings. The van der Waals surface area contributed by atoms with Crippen molar-refractivity contribution in [2.45, 2.75) is 6.54 Å². The lowest BCUT2D eigenvalue weighted by molar-refractivity contribution is 0.319. The van der Waals surface area contributed by atoms with Crippen LogP contribution in [-0.2, 0) is 6.54 Å². The molecule has 18 heavy (non-hydrogen) atoms. The summed E-state index contributed by atoms with van der Waals surface area (Å²) in [4.78, 5) is 4.53. The van der Waals surface area contributed by atoms with Crippen LogP contribution in [0.1, 0.15) is 5.56 Å². The van der Waals surface area contributed by atoms with E-state index in [1.165, 1.54) is 5.56 Å². The zero-order chi connectivity index (χ0) is 13.4. The molecule has 0 atom stereocenters. The second kappa shape index (κ2) is 8.64. The van der Waals surface area contributed by atoms with Crippen molar-refractivity contribution in [1.82, 2.24) is 15.1 Å². The van der Waals surface area contributed by atoms with Crippen LogP contribution in [0.2, 0.25) is 0 Å². The summed E-state index contributed by atoms with van der Waals surface area (Å²) in [6, 6.07) is 8.52. The molecule has 1 aromatic carbocycles. The van der Waals surface area contributed by atoms with Crippen LogP contribution in [-0.4, -0.2) is 57.1 Å². The number of hydrogen-bond acceptors (Lipinski definition) is 3. The zero-order valence-corrected chi connectivity index (χ0v) is 13.2. The van der Waals surface area contributed by atoms with Crippen molar-refractivity contribution in [3.8, 4) is 0 Å². The normalized spacial score (nSPS) is 11.4. The lowest BCUT2D eigenvalue weighted by Crippen LogP contribution is -2.33. The summed E-state index contributed by atoms with van der Waals surface area (Å²) >= 11 is 3.45. The average molecular weight is 314 g/mol. The molecule has 0 bridgehead atoms. The number of rotatable bonds is 8. The van der Waals surface area contributed by atoms with Gasteiger partial charge in [0.2, 0.25) is 0 Å². The molecule has 0 saturated carbocycles. The zero-order valence-electron chi connectivity index (χ0n) is 11.6. The fourth-order valence-corrected chi connectivity index (χ4v) is 1.94. The largest absolute Gasteiger partial charge is 0.314 e. The minimum atomic E-state index is 1.00. The Hall–Kier alpha value is -0.420.